The fraction of sp³-hybridized carbons (Fsp3) is 0.276. The fourth-order valence-corrected chi connectivity index (χ4v) is 4.47. The maximum Gasteiger partial charge on any atom is 0.221 e. The predicted octanol–water partition coefficient (Wildman–Crippen LogP) is 5.89. The molecule has 1 atom stereocenters. The van der Waals surface area contributed by atoms with E-state index >= 15 is 0 Å². The van der Waals surface area contributed by atoms with Crippen LogP contribution in [0, 0.1) is 5.82 Å². The van der Waals surface area contributed by atoms with E-state index in [2.05, 4.69) is 28.2 Å². The summed E-state index contributed by atoms with van der Waals surface area (Å²) in [5, 5.41) is 4.09. The van der Waals surface area contributed by atoms with Gasteiger partial charge in [0.05, 0.1) is 14.2 Å². The third kappa shape index (κ3) is 5.65. The second kappa shape index (κ2) is 10.6. The molecule has 0 radical (unpaired) electrons. The maximum absolute atomic E-state index is 13.4. The van der Waals surface area contributed by atoms with Crippen molar-refractivity contribution >= 4 is 16.8 Å². The summed E-state index contributed by atoms with van der Waals surface area (Å²) < 4.78 is 26.6. The lowest BCUT2D eigenvalue weighted by molar-refractivity contribution is -0.121. The first-order chi connectivity index (χ1) is 16.9. The molecule has 0 bridgehead atoms. The molecule has 1 N–H and O–H groups in total. The van der Waals surface area contributed by atoms with Gasteiger partial charge in [0.2, 0.25) is 5.91 Å². The van der Waals surface area contributed by atoms with Crippen LogP contribution in [0.4, 0.5) is 4.39 Å². The highest BCUT2D eigenvalue weighted by Crippen LogP contribution is 2.38. The summed E-state index contributed by atoms with van der Waals surface area (Å²) in [6, 6.07) is 20.5. The number of ether oxygens (including phenoxy) is 2. The van der Waals surface area contributed by atoms with Crippen molar-refractivity contribution in [3.8, 4) is 11.5 Å². The van der Waals surface area contributed by atoms with Crippen molar-refractivity contribution in [3.05, 3.63) is 95.4 Å². The minimum atomic E-state index is -0.255. The van der Waals surface area contributed by atoms with Crippen LogP contribution in [0.3, 0.4) is 0 Å². The number of carbonyl (C=O) groups excluding carboxylic acids is 1. The van der Waals surface area contributed by atoms with Crippen LogP contribution in [0.15, 0.2) is 72.9 Å². The number of benzene rings is 3. The normalized spacial score (nSPS) is 12.1. The molecule has 1 unspecified atom stereocenters. The molecule has 4 rings (SSSR count). The molecule has 35 heavy (non-hydrogen) atoms. The van der Waals surface area contributed by atoms with Gasteiger partial charge in [0.1, 0.15) is 17.3 Å². The summed E-state index contributed by atoms with van der Waals surface area (Å²) in [6.45, 7) is 4.50. The SMILES string of the molecule is COc1cc(OC)cc(C(CC(=O)NC(C)C)c2cn(Cc3ccc(F)cc3)c3ccccc23)c1. The number of amides is 1. The minimum Gasteiger partial charge on any atom is -0.497 e. The van der Waals surface area contributed by atoms with Gasteiger partial charge in [0.15, 0.2) is 0 Å². The first-order valence-electron chi connectivity index (χ1n) is 11.7. The Morgan fingerprint density at radius 3 is 2.26 bits per heavy atom. The highest BCUT2D eigenvalue weighted by atomic mass is 19.1. The Morgan fingerprint density at radius 1 is 0.971 bits per heavy atom. The topological polar surface area (TPSA) is 52.5 Å². The van der Waals surface area contributed by atoms with Crippen LogP contribution in [-0.4, -0.2) is 30.7 Å². The van der Waals surface area contributed by atoms with Crippen LogP contribution < -0.4 is 14.8 Å². The van der Waals surface area contributed by atoms with Gasteiger partial charge in [-0.2, -0.15) is 0 Å². The first-order valence-corrected chi connectivity index (χ1v) is 11.7. The molecule has 4 aromatic rings. The zero-order valence-electron chi connectivity index (χ0n) is 20.5. The third-order valence-corrected chi connectivity index (χ3v) is 6.08. The van der Waals surface area contributed by atoms with Crippen molar-refractivity contribution in [2.75, 3.05) is 14.2 Å². The van der Waals surface area contributed by atoms with Crippen LogP contribution in [0.1, 0.15) is 42.9 Å². The Morgan fingerprint density at radius 2 is 1.63 bits per heavy atom. The summed E-state index contributed by atoms with van der Waals surface area (Å²) in [5.41, 5.74) is 4.02. The number of nitrogens with one attached hydrogen (secondary N) is 1. The molecule has 3 aromatic carbocycles. The van der Waals surface area contributed by atoms with Crippen LogP contribution in [0.2, 0.25) is 0 Å². The minimum absolute atomic E-state index is 0.0258. The monoisotopic (exact) mass is 474 g/mol. The van der Waals surface area contributed by atoms with Crippen molar-refractivity contribution in [3.63, 3.8) is 0 Å². The number of hydrogen-bond acceptors (Lipinski definition) is 3. The molecule has 5 nitrogen and oxygen atoms in total. The van der Waals surface area contributed by atoms with Gasteiger partial charge in [-0.25, -0.2) is 4.39 Å². The molecular formula is C29H31FN2O3. The number of carbonyl (C=O) groups is 1. The van der Waals surface area contributed by atoms with E-state index in [0.29, 0.717) is 18.0 Å². The number of fused-ring (bicyclic) bond motifs is 1. The second-order valence-corrected chi connectivity index (χ2v) is 8.98. The van der Waals surface area contributed by atoms with Gasteiger partial charge in [-0.1, -0.05) is 30.3 Å². The molecule has 0 saturated heterocycles. The smallest absolute Gasteiger partial charge is 0.221 e. The van der Waals surface area contributed by atoms with Gasteiger partial charge in [0.25, 0.3) is 0 Å². The summed E-state index contributed by atoms with van der Waals surface area (Å²) in [6.07, 6.45) is 2.38. The number of halogens is 1. The summed E-state index contributed by atoms with van der Waals surface area (Å²) in [5.74, 6) is 0.835. The van der Waals surface area contributed by atoms with Crippen molar-refractivity contribution in [1.29, 1.82) is 0 Å². The quantitative estimate of drug-likeness (QED) is 0.329. The molecule has 0 aliphatic heterocycles. The Hall–Kier alpha value is -3.80. The standard InChI is InChI=1S/C29H31FN2O3/c1-19(2)31-29(33)16-26(21-13-23(34-3)15-24(14-21)35-4)27-18-32(28-8-6-5-7-25(27)28)17-20-9-11-22(30)12-10-20/h5-15,18-19,26H,16-17H2,1-4H3,(H,31,33). The summed E-state index contributed by atoms with van der Waals surface area (Å²) in [7, 11) is 3.24. The van der Waals surface area contributed by atoms with Crippen molar-refractivity contribution < 1.29 is 18.7 Å². The van der Waals surface area contributed by atoms with Gasteiger partial charge < -0.3 is 19.4 Å². The Labute approximate surface area is 205 Å². The molecule has 0 saturated carbocycles. The number of methoxy groups -OCH3 is 2. The molecule has 1 amide bonds. The van der Waals surface area contributed by atoms with Crippen LogP contribution >= 0.6 is 0 Å². The molecule has 6 heteroatoms. The van der Waals surface area contributed by atoms with Crippen molar-refractivity contribution in [2.45, 2.75) is 38.8 Å². The van der Waals surface area contributed by atoms with Gasteiger partial charge in [-0.15, -0.1) is 0 Å². The summed E-state index contributed by atoms with van der Waals surface area (Å²) in [4.78, 5) is 13.0. The first kappa shape index (κ1) is 24.3. The average molecular weight is 475 g/mol. The van der Waals surface area contributed by atoms with Gasteiger partial charge in [-0.05, 0) is 60.9 Å². The Balaban J connectivity index is 1.84. The largest absolute Gasteiger partial charge is 0.497 e. The van der Waals surface area contributed by atoms with Crippen molar-refractivity contribution in [1.82, 2.24) is 9.88 Å². The lowest BCUT2D eigenvalue weighted by atomic mass is 9.87. The van der Waals surface area contributed by atoms with Gasteiger partial charge >= 0.3 is 0 Å². The highest BCUT2D eigenvalue weighted by Gasteiger charge is 2.24. The molecule has 182 valence electrons. The van der Waals surface area contributed by atoms with Gasteiger partial charge in [-0.3, -0.25) is 4.79 Å². The van der Waals surface area contributed by atoms with Crippen LogP contribution in [-0.2, 0) is 11.3 Å². The number of rotatable bonds is 9. The van der Waals surface area contributed by atoms with E-state index in [1.165, 1.54) is 12.1 Å². The zero-order valence-corrected chi connectivity index (χ0v) is 20.5. The average Bonchev–Trinajstić information content (AvgIpc) is 3.21. The van der Waals surface area contributed by atoms with E-state index in [9.17, 15) is 9.18 Å². The fourth-order valence-electron chi connectivity index (χ4n) is 4.47. The summed E-state index contributed by atoms with van der Waals surface area (Å²) >= 11 is 0. The third-order valence-electron chi connectivity index (χ3n) is 6.08. The van der Waals surface area contributed by atoms with E-state index < -0.39 is 0 Å². The molecule has 0 fully saturated rings. The van der Waals surface area contributed by atoms with Crippen LogP contribution in [0.25, 0.3) is 10.9 Å². The zero-order chi connectivity index (χ0) is 24.9. The Kier molecular flexibility index (Phi) is 7.39. The second-order valence-electron chi connectivity index (χ2n) is 8.98. The van der Waals surface area contributed by atoms with Crippen molar-refractivity contribution in [2.24, 2.45) is 0 Å². The van der Waals surface area contributed by atoms with E-state index in [1.807, 2.05) is 44.2 Å². The molecular weight excluding hydrogens is 443 g/mol. The predicted molar refractivity (Wildman–Crippen MR) is 137 cm³/mol. The molecule has 1 aromatic heterocycles. The molecule has 0 aliphatic carbocycles. The van der Waals surface area contributed by atoms with E-state index in [1.54, 1.807) is 26.4 Å². The highest BCUT2D eigenvalue weighted by molar-refractivity contribution is 5.87. The van der Waals surface area contributed by atoms with Gasteiger partial charge in [0, 0.05) is 48.1 Å². The number of nitrogens with zero attached hydrogens (tertiary/aromatic N) is 1. The van der Waals surface area contributed by atoms with E-state index in [-0.39, 0.29) is 30.1 Å². The molecule has 1 heterocycles. The number of hydrogen-bond donors (Lipinski definition) is 1. The number of aromatic nitrogens is 1. The van der Waals surface area contributed by atoms with E-state index in [0.717, 1.165) is 27.6 Å². The molecule has 0 aliphatic rings. The van der Waals surface area contributed by atoms with Crippen LogP contribution in [0.5, 0.6) is 11.5 Å². The lowest BCUT2D eigenvalue weighted by Gasteiger charge is -2.20. The van der Waals surface area contributed by atoms with E-state index in [4.69, 9.17) is 9.47 Å². The maximum atomic E-state index is 13.4. The number of para-hydroxylation sites is 1. The lowest BCUT2D eigenvalue weighted by Crippen LogP contribution is -2.31. The Bertz CT molecular complexity index is 1290. The molecule has 0 spiro atoms.